The molecule has 1 aromatic carbocycles. The molecule has 0 saturated carbocycles. The summed E-state index contributed by atoms with van der Waals surface area (Å²) in [6, 6.07) is 4.93. The average molecular weight is 433 g/mol. The highest BCUT2D eigenvalue weighted by Gasteiger charge is 2.42. The summed E-state index contributed by atoms with van der Waals surface area (Å²) in [5.41, 5.74) is -2.79. The molecule has 3 rings (SSSR count). The Bertz CT molecular complexity index is 1170. The molecule has 0 spiro atoms. The van der Waals surface area contributed by atoms with E-state index >= 15 is 0 Å². The normalized spacial score (nSPS) is 12.1. The Labute approximate surface area is 156 Å². The highest BCUT2D eigenvalue weighted by Crippen LogP contribution is 2.34. The zero-order valence-electron chi connectivity index (χ0n) is 13.4. The van der Waals surface area contributed by atoms with Crippen LogP contribution < -0.4 is 3.71 Å². The first kappa shape index (κ1) is 19.6. The monoisotopic (exact) mass is 433 g/mol. The van der Waals surface area contributed by atoms with Crippen molar-refractivity contribution in [2.75, 3.05) is 3.71 Å². The fraction of sp³-hybridized carbons (Fsp3) is 0. The average Bonchev–Trinajstić information content (AvgIpc) is 3.30. The van der Waals surface area contributed by atoms with Gasteiger partial charge >= 0.3 is 26.0 Å². The zero-order chi connectivity index (χ0) is 20.7. The standard InChI is InChI=1S/C15H9F2NO8S2/c16-9-5-6-10(14(17)13(9)15(19)20)18(27(21,22)11-3-1-7-25-11)28(23,24)12-4-2-8-26-12/h1-8H,(H,19,20). The molecule has 0 radical (unpaired) electrons. The van der Waals surface area contributed by atoms with Crippen LogP contribution in [0.3, 0.4) is 0 Å². The van der Waals surface area contributed by atoms with E-state index in [2.05, 4.69) is 0 Å². The van der Waals surface area contributed by atoms with Crippen LogP contribution in [0.15, 0.2) is 67.9 Å². The van der Waals surface area contributed by atoms with Crippen molar-refractivity contribution in [2.45, 2.75) is 10.2 Å². The minimum atomic E-state index is -5.11. The lowest BCUT2D eigenvalue weighted by Crippen LogP contribution is -2.37. The van der Waals surface area contributed by atoms with E-state index in [1.807, 2.05) is 0 Å². The summed E-state index contributed by atoms with van der Waals surface area (Å²) >= 11 is 0. The van der Waals surface area contributed by atoms with E-state index in [1.54, 1.807) is 0 Å². The first-order chi connectivity index (χ1) is 13.1. The van der Waals surface area contributed by atoms with Gasteiger partial charge in [-0.1, -0.05) is 0 Å². The summed E-state index contributed by atoms with van der Waals surface area (Å²) in [4.78, 5) is 11.1. The van der Waals surface area contributed by atoms with E-state index in [9.17, 15) is 30.4 Å². The van der Waals surface area contributed by atoms with Crippen molar-refractivity contribution in [1.29, 1.82) is 0 Å². The highest BCUT2D eigenvalue weighted by molar-refractivity contribution is 8.10. The predicted octanol–water partition coefficient (Wildman–Crippen LogP) is 2.43. The number of rotatable bonds is 6. The molecule has 0 atom stereocenters. The Morgan fingerprint density at radius 1 is 0.893 bits per heavy atom. The van der Waals surface area contributed by atoms with E-state index in [0.717, 1.165) is 36.8 Å². The van der Waals surface area contributed by atoms with Crippen molar-refractivity contribution in [3.8, 4) is 0 Å². The third kappa shape index (κ3) is 3.03. The van der Waals surface area contributed by atoms with E-state index in [1.165, 1.54) is 0 Å². The quantitative estimate of drug-likeness (QED) is 0.626. The van der Waals surface area contributed by atoms with Gasteiger partial charge in [0, 0.05) is 0 Å². The van der Waals surface area contributed by atoms with Gasteiger partial charge in [-0.25, -0.2) is 13.6 Å². The van der Waals surface area contributed by atoms with Gasteiger partial charge in [0.05, 0.1) is 12.5 Å². The number of carboxylic acid groups (broad SMARTS) is 1. The molecule has 0 aliphatic heterocycles. The van der Waals surface area contributed by atoms with Gasteiger partial charge in [0.15, 0.2) is 5.82 Å². The van der Waals surface area contributed by atoms with Crippen molar-refractivity contribution in [3.63, 3.8) is 0 Å². The molecular formula is C15H9F2NO8S2. The van der Waals surface area contributed by atoms with Crippen LogP contribution >= 0.6 is 0 Å². The number of anilines is 1. The maximum atomic E-state index is 14.7. The summed E-state index contributed by atoms with van der Waals surface area (Å²) < 4.78 is 88.9. The number of furan rings is 2. The lowest BCUT2D eigenvalue weighted by atomic mass is 10.2. The number of hydrogen-bond donors (Lipinski definition) is 1. The largest absolute Gasteiger partial charge is 0.477 e. The maximum absolute atomic E-state index is 14.7. The van der Waals surface area contributed by atoms with Crippen LogP contribution in [0.1, 0.15) is 10.4 Å². The summed E-state index contributed by atoms with van der Waals surface area (Å²) in [6.45, 7) is 0. The molecule has 28 heavy (non-hydrogen) atoms. The molecule has 0 aliphatic rings. The number of hydrogen-bond acceptors (Lipinski definition) is 7. The summed E-state index contributed by atoms with van der Waals surface area (Å²) in [5.74, 6) is -5.51. The molecular weight excluding hydrogens is 424 g/mol. The Hall–Kier alpha value is -3.19. The lowest BCUT2D eigenvalue weighted by Gasteiger charge is -2.22. The molecule has 0 fully saturated rings. The van der Waals surface area contributed by atoms with E-state index in [-0.39, 0.29) is 0 Å². The number of carbonyl (C=O) groups is 1. The van der Waals surface area contributed by atoms with Gasteiger partial charge < -0.3 is 13.9 Å². The van der Waals surface area contributed by atoms with Crippen molar-refractivity contribution < 1.29 is 44.4 Å². The Morgan fingerprint density at radius 3 is 1.79 bits per heavy atom. The number of aromatic carboxylic acids is 1. The zero-order valence-corrected chi connectivity index (χ0v) is 15.1. The van der Waals surface area contributed by atoms with E-state index in [0.29, 0.717) is 12.1 Å². The van der Waals surface area contributed by atoms with Crippen LogP contribution in [0.2, 0.25) is 0 Å². The van der Waals surface area contributed by atoms with Gasteiger partial charge in [-0.2, -0.15) is 16.8 Å². The lowest BCUT2D eigenvalue weighted by molar-refractivity contribution is 0.0686. The molecule has 0 unspecified atom stereocenters. The minimum Gasteiger partial charge on any atom is -0.477 e. The Morgan fingerprint density at radius 2 is 1.39 bits per heavy atom. The van der Waals surface area contributed by atoms with Gasteiger partial charge in [0.1, 0.15) is 17.1 Å². The molecule has 0 saturated heterocycles. The topological polar surface area (TPSA) is 135 Å². The van der Waals surface area contributed by atoms with Crippen LogP contribution in [-0.2, 0) is 20.0 Å². The van der Waals surface area contributed by atoms with E-state index in [4.69, 9.17) is 13.9 Å². The third-order valence-corrected chi connectivity index (χ3v) is 7.34. The molecule has 0 bridgehead atoms. The van der Waals surface area contributed by atoms with Gasteiger partial charge in [0.25, 0.3) is 0 Å². The molecule has 1 N–H and O–H groups in total. The van der Waals surface area contributed by atoms with Crippen LogP contribution in [0, 0.1) is 11.6 Å². The second kappa shape index (κ2) is 6.76. The summed E-state index contributed by atoms with van der Waals surface area (Å²) in [5, 5.41) is 7.22. The number of nitrogens with zero attached hydrogens (tertiary/aromatic N) is 1. The van der Waals surface area contributed by atoms with Gasteiger partial charge in [-0.15, -0.1) is 3.71 Å². The molecule has 9 nitrogen and oxygen atoms in total. The SMILES string of the molecule is O=C(O)c1c(F)ccc(N(S(=O)(=O)c2ccco2)S(=O)(=O)c2ccco2)c1F. The van der Waals surface area contributed by atoms with Crippen molar-refractivity contribution in [1.82, 2.24) is 0 Å². The fourth-order valence-electron chi connectivity index (χ4n) is 2.25. The van der Waals surface area contributed by atoms with Crippen LogP contribution in [0.5, 0.6) is 0 Å². The number of halogens is 2. The Balaban J connectivity index is 2.37. The number of sulfonamides is 2. The molecule has 2 aromatic heterocycles. The molecule has 2 heterocycles. The van der Waals surface area contributed by atoms with Crippen molar-refractivity contribution >= 4 is 31.7 Å². The van der Waals surface area contributed by atoms with E-state index < -0.39 is 62.8 Å². The molecule has 13 heteroatoms. The molecule has 0 amide bonds. The van der Waals surface area contributed by atoms with Crippen LogP contribution in [-0.4, -0.2) is 27.9 Å². The second-order valence-corrected chi connectivity index (χ2v) is 8.80. The molecule has 3 aromatic rings. The number of benzene rings is 1. The van der Waals surface area contributed by atoms with Crippen molar-refractivity contribution in [3.05, 3.63) is 66.1 Å². The van der Waals surface area contributed by atoms with Crippen LogP contribution in [0.25, 0.3) is 0 Å². The van der Waals surface area contributed by atoms with Gasteiger partial charge in [0.2, 0.25) is 10.2 Å². The highest BCUT2D eigenvalue weighted by atomic mass is 32.3. The number of carboxylic acids is 1. The van der Waals surface area contributed by atoms with Gasteiger partial charge in [-0.05, 0) is 36.4 Å². The molecule has 0 aliphatic carbocycles. The second-order valence-electron chi connectivity index (χ2n) is 5.13. The predicted molar refractivity (Wildman–Crippen MR) is 87.6 cm³/mol. The summed E-state index contributed by atoms with van der Waals surface area (Å²) in [7, 11) is -10.2. The first-order valence-corrected chi connectivity index (χ1v) is 10.1. The Kier molecular flexibility index (Phi) is 4.72. The smallest absolute Gasteiger partial charge is 0.341 e. The first-order valence-electron chi connectivity index (χ1n) is 7.17. The summed E-state index contributed by atoms with van der Waals surface area (Å²) in [6.07, 6.45) is 1.85. The maximum Gasteiger partial charge on any atom is 0.341 e. The van der Waals surface area contributed by atoms with Crippen LogP contribution in [0.4, 0.5) is 14.5 Å². The fourth-order valence-corrected chi connectivity index (χ4v) is 5.71. The third-order valence-electron chi connectivity index (χ3n) is 3.42. The van der Waals surface area contributed by atoms with Gasteiger partial charge in [-0.3, -0.25) is 0 Å². The van der Waals surface area contributed by atoms with Crippen molar-refractivity contribution in [2.24, 2.45) is 0 Å². The minimum absolute atomic E-state index is 0.418. The molecule has 148 valence electrons.